The second-order valence-corrected chi connectivity index (χ2v) is 4.64. The van der Waals surface area contributed by atoms with E-state index >= 15 is 0 Å². The standard InChI is InChI=1S/C12H17ClO/c1-8-6-11(5-4-10(3)13)7-9(2)12(8)14/h6-7,10,14H,4-5H2,1-3H3. The third kappa shape index (κ3) is 2.91. The molecule has 0 saturated carbocycles. The summed E-state index contributed by atoms with van der Waals surface area (Å²) in [6, 6.07) is 4.06. The molecule has 1 rings (SSSR count). The Kier molecular flexibility index (Phi) is 3.82. The van der Waals surface area contributed by atoms with E-state index in [1.165, 1.54) is 5.56 Å². The average Bonchev–Trinajstić information content (AvgIpc) is 2.10. The SMILES string of the molecule is Cc1cc(CCC(C)Cl)cc(C)c1O. The minimum Gasteiger partial charge on any atom is -0.507 e. The van der Waals surface area contributed by atoms with E-state index < -0.39 is 0 Å². The van der Waals surface area contributed by atoms with Crippen molar-refractivity contribution < 1.29 is 5.11 Å². The lowest BCUT2D eigenvalue weighted by atomic mass is 10.0. The van der Waals surface area contributed by atoms with E-state index in [9.17, 15) is 5.11 Å². The maximum atomic E-state index is 9.58. The number of aryl methyl sites for hydroxylation is 3. The Bertz CT molecular complexity index is 295. The van der Waals surface area contributed by atoms with Crippen molar-refractivity contribution in [2.45, 2.75) is 39.0 Å². The predicted molar refractivity (Wildman–Crippen MR) is 61.2 cm³/mol. The van der Waals surface area contributed by atoms with Crippen LogP contribution in [0.25, 0.3) is 0 Å². The van der Waals surface area contributed by atoms with Crippen molar-refractivity contribution in [3.05, 3.63) is 28.8 Å². The highest BCUT2D eigenvalue weighted by Crippen LogP contribution is 2.23. The molecule has 1 atom stereocenters. The fraction of sp³-hybridized carbons (Fsp3) is 0.500. The van der Waals surface area contributed by atoms with Gasteiger partial charge >= 0.3 is 0 Å². The van der Waals surface area contributed by atoms with Gasteiger partial charge in [0, 0.05) is 5.38 Å². The van der Waals surface area contributed by atoms with E-state index in [2.05, 4.69) is 0 Å². The monoisotopic (exact) mass is 212 g/mol. The zero-order valence-corrected chi connectivity index (χ0v) is 9.73. The molecule has 0 radical (unpaired) electrons. The lowest BCUT2D eigenvalue weighted by Crippen LogP contribution is -1.96. The Morgan fingerprint density at radius 2 is 1.79 bits per heavy atom. The molecular formula is C12H17ClO. The maximum absolute atomic E-state index is 9.58. The molecule has 1 N–H and O–H groups in total. The molecule has 0 amide bonds. The molecule has 0 saturated heterocycles. The van der Waals surface area contributed by atoms with E-state index in [1.807, 2.05) is 32.9 Å². The van der Waals surface area contributed by atoms with Crippen LogP contribution in [0.15, 0.2) is 12.1 Å². The molecule has 0 aliphatic carbocycles. The van der Waals surface area contributed by atoms with Gasteiger partial charge in [0.2, 0.25) is 0 Å². The van der Waals surface area contributed by atoms with Gasteiger partial charge in [-0.2, -0.15) is 0 Å². The highest BCUT2D eigenvalue weighted by Gasteiger charge is 2.04. The Hall–Kier alpha value is -0.690. The number of rotatable bonds is 3. The zero-order valence-electron chi connectivity index (χ0n) is 8.97. The van der Waals surface area contributed by atoms with Crippen LogP contribution in [-0.4, -0.2) is 10.5 Å². The quantitative estimate of drug-likeness (QED) is 0.760. The second kappa shape index (κ2) is 4.70. The Labute approximate surface area is 90.7 Å². The van der Waals surface area contributed by atoms with Crippen LogP contribution in [0.2, 0.25) is 0 Å². The Morgan fingerprint density at radius 3 is 2.21 bits per heavy atom. The molecule has 78 valence electrons. The zero-order chi connectivity index (χ0) is 10.7. The van der Waals surface area contributed by atoms with Crippen molar-refractivity contribution in [2.75, 3.05) is 0 Å². The van der Waals surface area contributed by atoms with Crippen LogP contribution in [0.3, 0.4) is 0 Å². The van der Waals surface area contributed by atoms with Crippen LogP contribution in [0.1, 0.15) is 30.0 Å². The third-order valence-corrected chi connectivity index (χ3v) is 2.60. The Balaban J connectivity index is 2.79. The van der Waals surface area contributed by atoms with Crippen LogP contribution in [0, 0.1) is 13.8 Å². The minimum absolute atomic E-state index is 0.212. The highest BCUT2D eigenvalue weighted by atomic mass is 35.5. The highest BCUT2D eigenvalue weighted by molar-refractivity contribution is 6.20. The first-order chi connectivity index (χ1) is 6.50. The predicted octanol–water partition coefficient (Wildman–Crippen LogP) is 3.57. The largest absolute Gasteiger partial charge is 0.507 e. The Morgan fingerprint density at radius 1 is 1.29 bits per heavy atom. The van der Waals surface area contributed by atoms with Crippen LogP contribution in [-0.2, 0) is 6.42 Å². The number of aromatic hydroxyl groups is 1. The van der Waals surface area contributed by atoms with Gasteiger partial charge in [-0.25, -0.2) is 0 Å². The van der Waals surface area contributed by atoms with Gasteiger partial charge in [0.25, 0.3) is 0 Å². The smallest absolute Gasteiger partial charge is 0.121 e. The van der Waals surface area contributed by atoms with Crippen molar-refractivity contribution in [3.63, 3.8) is 0 Å². The van der Waals surface area contributed by atoms with Gasteiger partial charge in [-0.3, -0.25) is 0 Å². The topological polar surface area (TPSA) is 20.2 Å². The summed E-state index contributed by atoms with van der Waals surface area (Å²) in [4.78, 5) is 0. The molecule has 0 fully saturated rings. The fourth-order valence-electron chi connectivity index (χ4n) is 1.56. The molecule has 1 aromatic carbocycles. The molecule has 0 bridgehead atoms. The molecule has 0 heterocycles. The summed E-state index contributed by atoms with van der Waals surface area (Å²) in [6.45, 7) is 5.85. The van der Waals surface area contributed by atoms with Crippen molar-refractivity contribution in [1.82, 2.24) is 0 Å². The molecule has 0 aromatic heterocycles. The van der Waals surface area contributed by atoms with Gasteiger partial charge in [0.05, 0.1) is 0 Å². The van der Waals surface area contributed by atoms with Gasteiger partial charge in [0.15, 0.2) is 0 Å². The van der Waals surface area contributed by atoms with Crippen LogP contribution < -0.4 is 0 Å². The van der Waals surface area contributed by atoms with Gasteiger partial charge in [-0.1, -0.05) is 12.1 Å². The van der Waals surface area contributed by atoms with E-state index in [4.69, 9.17) is 11.6 Å². The summed E-state index contributed by atoms with van der Waals surface area (Å²) in [6.07, 6.45) is 1.96. The van der Waals surface area contributed by atoms with Gasteiger partial charge in [0.1, 0.15) is 5.75 Å². The van der Waals surface area contributed by atoms with Crippen LogP contribution in [0.5, 0.6) is 5.75 Å². The molecule has 1 unspecified atom stereocenters. The summed E-state index contributed by atoms with van der Waals surface area (Å²) in [5.74, 6) is 0.410. The third-order valence-electron chi connectivity index (χ3n) is 2.38. The minimum atomic E-state index is 0.212. The van der Waals surface area contributed by atoms with Gasteiger partial charge in [-0.05, 0) is 50.3 Å². The molecule has 0 spiro atoms. The molecule has 0 aliphatic rings. The van der Waals surface area contributed by atoms with E-state index in [0.29, 0.717) is 5.75 Å². The van der Waals surface area contributed by atoms with Crippen molar-refractivity contribution in [2.24, 2.45) is 0 Å². The first kappa shape index (κ1) is 11.4. The number of halogens is 1. The first-order valence-corrected chi connectivity index (χ1v) is 5.37. The number of hydrogen-bond donors (Lipinski definition) is 1. The lowest BCUT2D eigenvalue weighted by molar-refractivity contribution is 0.466. The van der Waals surface area contributed by atoms with Crippen molar-refractivity contribution in [1.29, 1.82) is 0 Å². The van der Waals surface area contributed by atoms with Gasteiger partial charge < -0.3 is 5.11 Å². The number of hydrogen-bond acceptors (Lipinski definition) is 1. The van der Waals surface area contributed by atoms with Crippen LogP contribution in [0.4, 0.5) is 0 Å². The second-order valence-electron chi connectivity index (χ2n) is 3.90. The van der Waals surface area contributed by atoms with E-state index in [-0.39, 0.29) is 5.38 Å². The number of phenolic OH excluding ortho intramolecular Hbond substituents is 1. The van der Waals surface area contributed by atoms with Crippen molar-refractivity contribution >= 4 is 11.6 Å². The molecular weight excluding hydrogens is 196 g/mol. The van der Waals surface area contributed by atoms with E-state index in [1.54, 1.807) is 0 Å². The summed E-state index contributed by atoms with van der Waals surface area (Å²) in [5.41, 5.74) is 3.15. The normalized spacial score (nSPS) is 12.9. The van der Waals surface area contributed by atoms with E-state index in [0.717, 1.165) is 24.0 Å². The average molecular weight is 213 g/mol. The lowest BCUT2D eigenvalue weighted by Gasteiger charge is -2.08. The summed E-state index contributed by atoms with van der Waals surface area (Å²) < 4.78 is 0. The summed E-state index contributed by atoms with van der Waals surface area (Å²) in [5, 5.41) is 9.79. The molecule has 2 heteroatoms. The number of phenols is 1. The summed E-state index contributed by atoms with van der Waals surface area (Å²) >= 11 is 5.89. The summed E-state index contributed by atoms with van der Waals surface area (Å²) in [7, 11) is 0. The fourth-order valence-corrected chi connectivity index (χ4v) is 1.66. The number of benzene rings is 1. The molecule has 1 aromatic rings. The molecule has 0 aliphatic heterocycles. The van der Waals surface area contributed by atoms with Crippen LogP contribution >= 0.6 is 11.6 Å². The van der Waals surface area contributed by atoms with Gasteiger partial charge in [-0.15, -0.1) is 11.6 Å². The number of alkyl halides is 1. The first-order valence-electron chi connectivity index (χ1n) is 4.94. The molecule has 14 heavy (non-hydrogen) atoms. The maximum Gasteiger partial charge on any atom is 0.121 e. The molecule has 1 nitrogen and oxygen atoms in total. The van der Waals surface area contributed by atoms with Crippen molar-refractivity contribution in [3.8, 4) is 5.75 Å².